The second kappa shape index (κ2) is 5.42. The molecule has 0 aromatic carbocycles. The summed E-state index contributed by atoms with van der Waals surface area (Å²) in [6.45, 7) is 6.98. The van der Waals surface area contributed by atoms with Crippen LogP contribution in [0.2, 0.25) is 0 Å². The SMILES string of the molecule is CCNc1cc(OC(C)CC)ncn1. The Morgan fingerprint density at radius 1 is 1.43 bits per heavy atom. The first-order valence-corrected chi connectivity index (χ1v) is 4.98. The van der Waals surface area contributed by atoms with Crippen molar-refractivity contribution < 1.29 is 4.74 Å². The zero-order valence-corrected chi connectivity index (χ0v) is 8.95. The minimum atomic E-state index is 0.194. The molecule has 1 rings (SSSR count). The van der Waals surface area contributed by atoms with Crippen LogP contribution in [0.1, 0.15) is 27.2 Å². The molecular formula is C10H17N3O. The first kappa shape index (κ1) is 10.8. The molecule has 1 unspecified atom stereocenters. The summed E-state index contributed by atoms with van der Waals surface area (Å²) in [5.41, 5.74) is 0. The fraction of sp³-hybridized carbons (Fsp3) is 0.600. The number of ether oxygens (including phenoxy) is 1. The van der Waals surface area contributed by atoms with Crippen molar-refractivity contribution in [2.45, 2.75) is 33.3 Å². The summed E-state index contributed by atoms with van der Waals surface area (Å²) in [7, 11) is 0. The van der Waals surface area contributed by atoms with E-state index in [-0.39, 0.29) is 6.10 Å². The maximum atomic E-state index is 5.56. The number of aromatic nitrogens is 2. The maximum absolute atomic E-state index is 5.56. The fourth-order valence-corrected chi connectivity index (χ4v) is 0.971. The van der Waals surface area contributed by atoms with E-state index >= 15 is 0 Å². The largest absolute Gasteiger partial charge is 0.475 e. The number of hydrogen-bond acceptors (Lipinski definition) is 4. The van der Waals surface area contributed by atoms with Gasteiger partial charge in [0.1, 0.15) is 12.1 Å². The van der Waals surface area contributed by atoms with Crippen molar-refractivity contribution in [3.8, 4) is 5.88 Å². The summed E-state index contributed by atoms with van der Waals surface area (Å²) in [6, 6.07) is 1.82. The van der Waals surface area contributed by atoms with Gasteiger partial charge in [0.2, 0.25) is 5.88 Å². The van der Waals surface area contributed by atoms with Crippen LogP contribution in [0.25, 0.3) is 0 Å². The van der Waals surface area contributed by atoms with E-state index in [0.717, 1.165) is 18.8 Å². The first-order valence-electron chi connectivity index (χ1n) is 4.98. The van der Waals surface area contributed by atoms with Crippen LogP contribution in [0.15, 0.2) is 12.4 Å². The average Bonchev–Trinajstić information content (AvgIpc) is 2.19. The monoisotopic (exact) mass is 195 g/mol. The number of nitrogens with one attached hydrogen (secondary N) is 1. The Morgan fingerprint density at radius 2 is 2.21 bits per heavy atom. The van der Waals surface area contributed by atoms with Gasteiger partial charge in [-0.15, -0.1) is 0 Å². The summed E-state index contributed by atoms with van der Waals surface area (Å²) in [4.78, 5) is 8.10. The van der Waals surface area contributed by atoms with Crippen molar-refractivity contribution in [1.29, 1.82) is 0 Å². The van der Waals surface area contributed by atoms with Crippen molar-refractivity contribution in [2.75, 3.05) is 11.9 Å². The van der Waals surface area contributed by atoms with E-state index in [4.69, 9.17) is 4.74 Å². The van der Waals surface area contributed by atoms with Crippen molar-refractivity contribution in [1.82, 2.24) is 9.97 Å². The van der Waals surface area contributed by atoms with Crippen LogP contribution < -0.4 is 10.1 Å². The van der Waals surface area contributed by atoms with Gasteiger partial charge in [-0.2, -0.15) is 0 Å². The molecule has 4 nitrogen and oxygen atoms in total. The lowest BCUT2D eigenvalue weighted by Crippen LogP contribution is -2.11. The zero-order valence-electron chi connectivity index (χ0n) is 8.95. The molecule has 0 aliphatic rings. The second-order valence-electron chi connectivity index (χ2n) is 3.11. The minimum absolute atomic E-state index is 0.194. The van der Waals surface area contributed by atoms with Crippen LogP contribution in [-0.4, -0.2) is 22.6 Å². The minimum Gasteiger partial charge on any atom is -0.475 e. The number of nitrogens with zero attached hydrogens (tertiary/aromatic N) is 2. The predicted octanol–water partition coefficient (Wildman–Crippen LogP) is 2.09. The summed E-state index contributed by atoms with van der Waals surface area (Å²) in [5, 5.41) is 3.11. The van der Waals surface area contributed by atoms with E-state index in [2.05, 4.69) is 22.2 Å². The van der Waals surface area contributed by atoms with Crippen LogP contribution >= 0.6 is 0 Å². The summed E-state index contributed by atoms with van der Waals surface area (Å²) in [5.74, 6) is 1.44. The highest BCUT2D eigenvalue weighted by atomic mass is 16.5. The molecule has 4 heteroatoms. The summed E-state index contributed by atoms with van der Waals surface area (Å²) in [6.07, 6.45) is 2.68. The van der Waals surface area contributed by atoms with E-state index in [1.807, 2.05) is 19.9 Å². The fourth-order valence-electron chi connectivity index (χ4n) is 0.971. The first-order chi connectivity index (χ1) is 6.76. The summed E-state index contributed by atoms with van der Waals surface area (Å²) < 4.78 is 5.56. The average molecular weight is 195 g/mol. The lowest BCUT2D eigenvalue weighted by atomic mass is 10.3. The van der Waals surface area contributed by atoms with E-state index < -0.39 is 0 Å². The third-order valence-corrected chi connectivity index (χ3v) is 1.90. The van der Waals surface area contributed by atoms with Crippen LogP contribution in [0.5, 0.6) is 5.88 Å². The summed E-state index contributed by atoms with van der Waals surface area (Å²) >= 11 is 0. The van der Waals surface area contributed by atoms with Gasteiger partial charge in [0.05, 0.1) is 6.10 Å². The van der Waals surface area contributed by atoms with Gasteiger partial charge in [-0.25, -0.2) is 9.97 Å². The Hall–Kier alpha value is -1.32. The van der Waals surface area contributed by atoms with Gasteiger partial charge >= 0.3 is 0 Å². The second-order valence-corrected chi connectivity index (χ2v) is 3.11. The van der Waals surface area contributed by atoms with E-state index in [0.29, 0.717) is 5.88 Å². The van der Waals surface area contributed by atoms with Gasteiger partial charge in [0.15, 0.2) is 0 Å². The Labute approximate surface area is 84.7 Å². The molecule has 1 heterocycles. The van der Waals surface area contributed by atoms with Crippen molar-refractivity contribution in [2.24, 2.45) is 0 Å². The Balaban J connectivity index is 2.63. The van der Waals surface area contributed by atoms with Gasteiger partial charge < -0.3 is 10.1 Å². The molecule has 0 radical (unpaired) electrons. The molecule has 1 aromatic rings. The highest BCUT2D eigenvalue weighted by Crippen LogP contribution is 2.12. The molecule has 0 aliphatic carbocycles. The third kappa shape index (κ3) is 3.20. The quantitative estimate of drug-likeness (QED) is 0.781. The lowest BCUT2D eigenvalue weighted by Gasteiger charge is -2.11. The maximum Gasteiger partial charge on any atom is 0.218 e. The standard InChI is InChI=1S/C10H17N3O/c1-4-8(3)14-10-6-9(11-5-2)12-7-13-10/h6-8H,4-5H2,1-3H3,(H,11,12,13). The molecular weight excluding hydrogens is 178 g/mol. The molecule has 1 aromatic heterocycles. The molecule has 1 atom stereocenters. The molecule has 0 aliphatic heterocycles. The normalized spacial score (nSPS) is 12.2. The molecule has 0 amide bonds. The van der Waals surface area contributed by atoms with Gasteiger partial charge in [-0.1, -0.05) is 6.92 Å². The van der Waals surface area contributed by atoms with E-state index in [1.165, 1.54) is 6.33 Å². The van der Waals surface area contributed by atoms with Crippen molar-refractivity contribution in [3.05, 3.63) is 12.4 Å². The molecule has 1 N–H and O–H groups in total. The van der Waals surface area contributed by atoms with Gasteiger partial charge in [-0.05, 0) is 20.3 Å². The Bertz CT molecular complexity index is 278. The van der Waals surface area contributed by atoms with Gasteiger partial charge in [-0.3, -0.25) is 0 Å². The molecule has 78 valence electrons. The molecule has 0 saturated carbocycles. The van der Waals surface area contributed by atoms with Crippen LogP contribution in [0, 0.1) is 0 Å². The highest BCUT2D eigenvalue weighted by molar-refractivity contribution is 5.36. The smallest absolute Gasteiger partial charge is 0.218 e. The van der Waals surface area contributed by atoms with Crippen LogP contribution in [-0.2, 0) is 0 Å². The molecule has 0 bridgehead atoms. The van der Waals surface area contributed by atoms with Crippen LogP contribution in [0.3, 0.4) is 0 Å². The number of anilines is 1. The molecule has 0 fully saturated rings. The molecule has 14 heavy (non-hydrogen) atoms. The zero-order chi connectivity index (χ0) is 10.4. The molecule has 0 spiro atoms. The topological polar surface area (TPSA) is 47.0 Å². The number of hydrogen-bond donors (Lipinski definition) is 1. The predicted molar refractivity (Wildman–Crippen MR) is 56.6 cm³/mol. The Kier molecular flexibility index (Phi) is 4.16. The van der Waals surface area contributed by atoms with Crippen LogP contribution in [0.4, 0.5) is 5.82 Å². The van der Waals surface area contributed by atoms with Gasteiger partial charge in [0.25, 0.3) is 0 Å². The van der Waals surface area contributed by atoms with Crippen molar-refractivity contribution in [3.63, 3.8) is 0 Å². The van der Waals surface area contributed by atoms with Crippen molar-refractivity contribution >= 4 is 5.82 Å². The van der Waals surface area contributed by atoms with Gasteiger partial charge in [0, 0.05) is 12.6 Å². The highest BCUT2D eigenvalue weighted by Gasteiger charge is 2.03. The molecule has 0 saturated heterocycles. The van der Waals surface area contributed by atoms with E-state index in [9.17, 15) is 0 Å². The third-order valence-electron chi connectivity index (χ3n) is 1.90. The lowest BCUT2D eigenvalue weighted by molar-refractivity contribution is 0.208. The Morgan fingerprint density at radius 3 is 2.86 bits per heavy atom. The van der Waals surface area contributed by atoms with E-state index in [1.54, 1.807) is 0 Å². The number of rotatable bonds is 5.